The number of hydrogen-bond donors (Lipinski definition) is 2. The van der Waals surface area contributed by atoms with E-state index in [-0.39, 0.29) is 0 Å². The predicted octanol–water partition coefficient (Wildman–Crippen LogP) is 1.73. The minimum Gasteiger partial charge on any atom is -0.316 e. The van der Waals surface area contributed by atoms with Crippen molar-refractivity contribution in [1.29, 1.82) is 0 Å². The predicted molar refractivity (Wildman–Crippen MR) is 79.5 cm³/mol. The number of nitrogens with zero attached hydrogens (tertiary/aromatic N) is 1. The Balaban J connectivity index is 1.75. The van der Waals surface area contributed by atoms with Crippen LogP contribution in [0.2, 0.25) is 0 Å². The topological polar surface area (TPSA) is 27.3 Å². The van der Waals surface area contributed by atoms with Gasteiger partial charge in [0.25, 0.3) is 0 Å². The molecule has 0 radical (unpaired) electrons. The molecule has 104 valence electrons. The van der Waals surface area contributed by atoms with Crippen molar-refractivity contribution < 1.29 is 0 Å². The summed E-state index contributed by atoms with van der Waals surface area (Å²) in [6.45, 7) is 5.69. The third-order valence-corrected chi connectivity index (χ3v) is 4.46. The number of benzene rings is 1. The number of rotatable bonds is 2. The standard InChI is InChI=1S/C16H25N3/c1-19-9-8-18-16(12-19)14-5-2-4-13(10-14)15-6-3-7-17-11-15/h2,4-5,10,15-18H,3,6-9,11-12H2,1H3. The molecule has 2 saturated heterocycles. The van der Waals surface area contributed by atoms with Crippen LogP contribution in [0.25, 0.3) is 0 Å². The molecule has 2 aliphatic heterocycles. The van der Waals surface area contributed by atoms with Crippen LogP contribution in [0.15, 0.2) is 24.3 Å². The molecule has 1 aromatic carbocycles. The molecular formula is C16H25N3. The summed E-state index contributed by atoms with van der Waals surface area (Å²) in [7, 11) is 2.21. The lowest BCUT2D eigenvalue weighted by Crippen LogP contribution is -2.43. The number of likely N-dealkylation sites (N-methyl/N-ethyl adjacent to an activating group) is 1. The van der Waals surface area contributed by atoms with Gasteiger partial charge in [-0.25, -0.2) is 0 Å². The summed E-state index contributed by atoms with van der Waals surface area (Å²) >= 11 is 0. The van der Waals surface area contributed by atoms with Crippen LogP contribution in [0.4, 0.5) is 0 Å². The van der Waals surface area contributed by atoms with Gasteiger partial charge in [-0.1, -0.05) is 24.3 Å². The molecule has 2 heterocycles. The Morgan fingerprint density at radius 2 is 2.11 bits per heavy atom. The smallest absolute Gasteiger partial charge is 0.0449 e. The number of piperazine rings is 1. The van der Waals surface area contributed by atoms with Gasteiger partial charge in [-0.05, 0) is 43.5 Å². The molecule has 0 bridgehead atoms. The van der Waals surface area contributed by atoms with Gasteiger partial charge in [0.1, 0.15) is 0 Å². The maximum atomic E-state index is 3.64. The van der Waals surface area contributed by atoms with Crippen molar-refractivity contribution in [2.24, 2.45) is 0 Å². The van der Waals surface area contributed by atoms with E-state index in [1.807, 2.05) is 0 Å². The van der Waals surface area contributed by atoms with E-state index >= 15 is 0 Å². The van der Waals surface area contributed by atoms with E-state index in [4.69, 9.17) is 0 Å². The van der Waals surface area contributed by atoms with Gasteiger partial charge < -0.3 is 15.5 Å². The van der Waals surface area contributed by atoms with E-state index in [1.165, 1.54) is 30.5 Å². The highest BCUT2D eigenvalue weighted by atomic mass is 15.2. The second-order valence-corrected chi connectivity index (χ2v) is 5.98. The molecule has 0 spiro atoms. The zero-order chi connectivity index (χ0) is 13.1. The SMILES string of the molecule is CN1CCNC(c2cccc(C3CCCNC3)c2)C1. The molecular weight excluding hydrogens is 234 g/mol. The van der Waals surface area contributed by atoms with E-state index in [0.717, 1.165) is 26.2 Å². The Morgan fingerprint density at radius 1 is 1.21 bits per heavy atom. The van der Waals surface area contributed by atoms with E-state index in [2.05, 4.69) is 46.8 Å². The fraction of sp³-hybridized carbons (Fsp3) is 0.625. The zero-order valence-electron chi connectivity index (χ0n) is 11.9. The van der Waals surface area contributed by atoms with Gasteiger partial charge in [0, 0.05) is 32.2 Å². The summed E-state index contributed by atoms with van der Waals surface area (Å²) in [6, 6.07) is 9.73. The highest BCUT2D eigenvalue weighted by Gasteiger charge is 2.20. The van der Waals surface area contributed by atoms with Crippen LogP contribution in [-0.2, 0) is 0 Å². The van der Waals surface area contributed by atoms with E-state index in [9.17, 15) is 0 Å². The molecule has 3 rings (SSSR count). The van der Waals surface area contributed by atoms with Gasteiger partial charge >= 0.3 is 0 Å². The first-order chi connectivity index (χ1) is 9.33. The van der Waals surface area contributed by atoms with E-state index < -0.39 is 0 Å². The second kappa shape index (κ2) is 6.04. The molecule has 3 nitrogen and oxygen atoms in total. The Labute approximate surface area is 116 Å². The van der Waals surface area contributed by atoms with Gasteiger partial charge in [0.05, 0.1) is 0 Å². The molecule has 2 aliphatic rings. The van der Waals surface area contributed by atoms with Crippen molar-refractivity contribution in [2.75, 3.05) is 39.8 Å². The maximum Gasteiger partial charge on any atom is 0.0449 e. The minimum atomic E-state index is 0.496. The maximum absolute atomic E-state index is 3.64. The summed E-state index contributed by atoms with van der Waals surface area (Å²) in [6.07, 6.45) is 2.63. The third kappa shape index (κ3) is 3.16. The fourth-order valence-corrected chi connectivity index (χ4v) is 3.29. The molecule has 19 heavy (non-hydrogen) atoms. The monoisotopic (exact) mass is 259 g/mol. The largest absolute Gasteiger partial charge is 0.316 e. The summed E-state index contributed by atoms with van der Waals surface area (Å²) in [4.78, 5) is 2.41. The van der Waals surface area contributed by atoms with Gasteiger partial charge in [0.15, 0.2) is 0 Å². The minimum absolute atomic E-state index is 0.496. The Morgan fingerprint density at radius 3 is 2.89 bits per heavy atom. The molecule has 1 aromatic rings. The molecule has 2 N–H and O–H groups in total. The van der Waals surface area contributed by atoms with Crippen LogP contribution in [-0.4, -0.2) is 44.7 Å². The van der Waals surface area contributed by atoms with Crippen molar-refractivity contribution >= 4 is 0 Å². The number of piperidine rings is 1. The number of hydrogen-bond acceptors (Lipinski definition) is 3. The molecule has 2 fully saturated rings. The lowest BCUT2D eigenvalue weighted by Gasteiger charge is -2.32. The van der Waals surface area contributed by atoms with Gasteiger partial charge in [-0.3, -0.25) is 0 Å². The lowest BCUT2D eigenvalue weighted by atomic mass is 9.89. The Hall–Kier alpha value is -0.900. The van der Waals surface area contributed by atoms with Crippen molar-refractivity contribution in [1.82, 2.24) is 15.5 Å². The van der Waals surface area contributed by atoms with Crippen molar-refractivity contribution in [3.05, 3.63) is 35.4 Å². The van der Waals surface area contributed by atoms with Crippen LogP contribution in [0.5, 0.6) is 0 Å². The quantitative estimate of drug-likeness (QED) is 0.847. The normalized spacial score (nSPS) is 29.3. The summed E-state index contributed by atoms with van der Waals surface area (Å²) in [5.74, 6) is 0.704. The fourth-order valence-electron chi connectivity index (χ4n) is 3.29. The highest BCUT2D eigenvalue weighted by molar-refractivity contribution is 5.29. The van der Waals surface area contributed by atoms with Crippen LogP contribution >= 0.6 is 0 Å². The highest BCUT2D eigenvalue weighted by Crippen LogP contribution is 2.26. The first-order valence-electron chi connectivity index (χ1n) is 7.55. The molecule has 0 amide bonds. The Bertz CT molecular complexity index is 412. The second-order valence-electron chi connectivity index (χ2n) is 5.98. The molecule has 0 aliphatic carbocycles. The van der Waals surface area contributed by atoms with Crippen LogP contribution < -0.4 is 10.6 Å². The lowest BCUT2D eigenvalue weighted by molar-refractivity contribution is 0.241. The summed E-state index contributed by atoms with van der Waals surface area (Å²) in [5.41, 5.74) is 2.97. The van der Waals surface area contributed by atoms with Crippen molar-refractivity contribution in [3.63, 3.8) is 0 Å². The summed E-state index contributed by atoms with van der Waals surface area (Å²) in [5, 5.41) is 7.15. The molecule has 0 aromatic heterocycles. The van der Waals surface area contributed by atoms with E-state index in [0.29, 0.717) is 12.0 Å². The van der Waals surface area contributed by atoms with Crippen LogP contribution in [0, 0.1) is 0 Å². The first-order valence-corrected chi connectivity index (χ1v) is 7.55. The van der Waals surface area contributed by atoms with Crippen molar-refractivity contribution in [2.45, 2.75) is 24.8 Å². The van der Waals surface area contributed by atoms with Gasteiger partial charge in [-0.2, -0.15) is 0 Å². The number of nitrogens with one attached hydrogen (secondary N) is 2. The zero-order valence-corrected chi connectivity index (χ0v) is 11.9. The van der Waals surface area contributed by atoms with Gasteiger partial charge in [0.2, 0.25) is 0 Å². The molecule has 0 saturated carbocycles. The first kappa shape index (κ1) is 13.1. The van der Waals surface area contributed by atoms with Crippen LogP contribution in [0.1, 0.15) is 35.9 Å². The molecule has 2 unspecified atom stereocenters. The average Bonchev–Trinajstić information content (AvgIpc) is 2.48. The Kier molecular flexibility index (Phi) is 4.16. The van der Waals surface area contributed by atoms with Crippen molar-refractivity contribution in [3.8, 4) is 0 Å². The molecule has 3 heteroatoms. The van der Waals surface area contributed by atoms with Gasteiger partial charge in [-0.15, -0.1) is 0 Å². The van der Waals surface area contributed by atoms with E-state index in [1.54, 1.807) is 0 Å². The third-order valence-electron chi connectivity index (χ3n) is 4.46. The summed E-state index contributed by atoms with van der Waals surface area (Å²) < 4.78 is 0. The molecule has 2 atom stereocenters. The van der Waals surface area contributed by atoms with Crippen LogP contribution in [0.3, 0.4) is 0 Å². The average molecular weight is 259 g/mol.